The molecule has 10 atom stereocenters. The second-order valence-corrected chi connectivity index (χ2v) is 35.0. The van der Waals surface area contributed by atoms with Gasteiger partial charge in [-0.1, -0.05) is 57.2 Å². The molecule has 708 valence electrons. The number of oxazole rings is 1. The number of carbonyl (C=O) groups is 9. The number of ether oxygens (including phenoxy) is 6. The molecule has 6 aromatic heterocycles. The predicted molar refractivity (Wildman–Crippen MR) is 487 cm³/mol. The number of cyclic esters (lactones) is 1. The number of nitrogen functional groups attached to an aromatic ring is 2. The van der Waals surface area contributed by atoms with E-state index in [1.54, 1.807) is 62.0 Å². The second kappa shape index (κ2) is 46.3. The Morgan fingerprint density at radius 1 is 0.689 bits per heavy atom. The van der Waals surface area contributed by atoms with Crippen molar-refractivity contribution < 1.29 is 86.2 Å². The lowest BCUT2D eigenvalue weighted by molar-refractivity contribution is -0.245. The molecular weight excluding hydrogens is 1700 g/mol. The quantitative estimate of drug-likeness (QED) is 0.0126. The third kappa shape index (κ3) is 25.6. The molecule has 5 aliphatic heterocycles. The summed E-state index contributed by atoms with van der Waals surface area (Å²) in [6.45, 7) is 14.8. The molecule has 9 N–H and O–H groups in total. The van der Waals surface area contributed by atoms with Crippen LogP contribution in [0, 0.1) is 23.7 Å². The lowest BCUT2D eigenvalue weighted by atomic mass is 9.83. The Morgan fingerprint density at radius 2 is 1.36 bits per heavy atom. The van der Waals surface area contributed by atoms with Crippen LogP contribution in [-0.2, 0) is 70.3 Å². The van der Waals surface area contributed by atoms with Crippen LogP contribution in [0.2, 0.25) is 0 Å². The number of aromatic nitrogens is 11. The molecule has 1 unspecified atom stereocenters. The average Bonchev–Trinajstić information content (AvgIpc) is 1.59. The highest BCUT2D eigenvalue weighted by atomic mass is 16.6. The molecular formula is C93H123N21O18. The third-order valence-electron chi connectivity index (χ3n) is 25.5. The number of nitrogens with two attached hydrogens (primary N) is 2. The van der Waals surface area contributed by atoms with Crippen LogP contribution < -0.4 is 42.1 Å². The second-order valence-electron chi connectivity index (χ2n) is 35.0. The van der Waals surface area contributed by atoms with Crippen molar-refractivity contribution in [2.24, 2.45) is 23.7 Å². The number of aryl methyl sites for hydroxylation is 1. The van der Waals surface area contributed by atoms with E-state index in [-0.39, 0.29) is 124 Å². The number of rotatable bonds is 25. The zero-order valence-corrected chi connectivity index (χ0v) is 76.2. The lowest BCUT2D eigenvalue weighted by Gasteiger charge is -2.39. The van der Waals surface area contributed by atoms with Crippen LogP contribution in [0.5, 0.6) is 0 Å². The van der Waals surface area contributed by atoms with E-state index >= 15 is 0 Å². The van der Waals surface area contributed by atoms with Crippen molar-refractivity contribution in [3.63, 3.8) is 0 Å². The number of amides is 5. The van der Waals surface area contributed by atoms with Gasteiger partial charge in [-0.3, -0.25) is 33.6 Å². The van der Waals surface area contributed by atoms with Crippen LogP contribution in [-0.4, -0.2) is 276 Å². The number of nitrogens with one attached hydrogen (secondary N) is 3. The average molecular weight is 1820 g/mol. The number of carbonyl (C=O) groups excluding carboxylic acids is 9. The van der Waals surface area contributed by atoms with Crippen molar-refractivity contribution >= 4 is 105 Å². The molecule has 0 spiro atoms. The van der Waals surface area contributed by atoms with E-state index in [1.807, 2.05) is 71.1 Å². The number of anilines is 5. The Bertz CT molecular complexity index is 5280. The molecule has 132 heavy (non-hydrogen) atoms. The minimum absolute atomic E-state index is 0.0162. The van der Waals surface area contributed by atoms with Crippen molar-refractivity contribution in [1.29, 1.82) is 0 Å². The number of ketones is 3. The summed E-state index contributed by atoms with van der Waals surface area (Å²) in [6, 6.07) is 4.34. The first-order valence-corrected chi connectivity index (χ1v) is 45.9. The van der Waals surface area contributed by atoms with E-state index in [9.17, 15) is 53.4 Å². The number of alkyl carbamates (subject to hydrolysis) is 1. The van der Waals surface area contributed by atoms with Gasteiger partial charge in [-0.05, 0) is 145 Å². The number of fused-ring (bicyclic) bond motifs is 5. The molecule has 13 rings (SSSR count). The first kappa shape index (κ1) is 97.4. The number of hydrogen-bond acceptors (Lipinski definition) is 33. The topological polar surface area (TPSA) is 501 Å². The molecule has 1 aromatic carbocycles. The molecule has 1 aliphatic carbocycles. The molecule has 1 saturated carbocycles. The summed E-state index contributed by atoms with van der Waals surface area (Å²) in [7, 11) is 2.93. The van der Waals surface area contributed by atoms with Gasteiger partial charge in [-0.25, -0.2) is 54.1 Å². The number of methoxy groups -OCH3 is 2. The number of Topliss-reactive ketones (excluding diaryl/α,β-unsaturated/α-hetero) is 3. The van der Waals surface area contributed by atoms with E-state index in [0.29, 0.717) is 217 Å². The van der Waals surface area contributed by atoms with Gasteiger partial charge in [0.2, 0.25) is 29.5 Å². The maximum absolute atomic E-state index is 14.6. The first-order valence-electron chi connectivity index (χ1n) is 45.9. The van der Waals surface area contributed by atoms with Crippen molar-refractivity contribution in [1.82, 2.24) is 80.4 Å². The monoisotopic (exact) mass is 1820 g/mol. The Hall–Kier alpha value is -12.2. The van der Waals surface area contributed by atoms with E-state index in [4.69, 9.17) is 49.4 Å². The van der Waals surface area contributed by atoms with Gasteiger partial charge in [0.1, 0.15) is 59.6 Å². The van der Waals surface area contributed by atoms with E-state index in [1.165, 1.54) is 43.1 Å². The Morgan fingerprint density at radius 3 is 2.03 bits per heavy atom. The highest BCUT2D eigenvalue weighted by Gasteiger charge is 2.50. The van der Waals surface area contributed by atoms with Gasteiger partial charge in [0.05, 0.1) is 48.4 Å². The third-order valence-corrected chi connectivity index (χ3v) is 25.5. The number of unbranched alkanes of at least 4 members (excludes halogenated alkanes) is 1. The highest BCUT2D eigenvalue weighted by Crippen LogP contribution is 2.37. The molecule has 6 aliphatic rings. The van der Waals surface area contributed by atoms with Crippen molar-refractivity contribution in [3.05, 3.63) is 126 Å². The summed E-state index contributed by atoms with van der Waals surface area (Å²) >= 11 is 0. The molecule has 4 saturated heterocycles. The molecule has 7 aromatic rings. The highest BCUT2D eigenvalue weighted by molar-refractivity contribution is 6.39. The van der Waals surface area contributed by atoms with Crippen LogP contribution in [0.25, 0.3) is 33.4 Å². The zero-order chi connectivity index (χ0) is 93.5. The maximum atomic E-state index is 14.6. The van der Waals surface area contributed by atoms with Crippen LogP contribution >= 0.6 is 0 Å². The number of esters is 1. The normalized spacial score (nSPS) is 25.8. The summed E-state index contributed by atoms with van der Waals surface area (Å²) < 4.78 is 42.7. The van der Waals surface area contributed by atoms with Crippen LogP contribution in [0.15, 0.2) is 114 Å². The van der Waals surface area contributed by atoms with Gasteiger partial charge in [-0.15, -0.1) is 0 Å². The van der Waals surface area contributed by atoms with E-state index < -0.39 is 77.9 Å². The Balaban J connectivity index is 0.496. The SMILES string of the molecule is CO[C@H]1CC2CCC[C@@](O)(O2)C(=O)C(=O)N2CCCC[C@H]2C(=O)O[C@H](CC[C@H]2CC[C@H](OC(=O)NCc3cnc(N4CCN(c5ncc(C(=O)NCCOCCC(=O)N6CCN(c7ncc(C(=O)NCCCCn8nc(-c9ccc%10oc(N)nc%10c9)c9c(N)ncnc98)cn7)CC6)cn5)CC4)nc3)CC2)CC(=O)[C@H](C)/C=C(\C)[C@@H](O)[C@@H](OC)C(=O)[C@H](C)C[C@H](C)/C=C/C=C/C=C/1C. The number of aliphatic hydroxyl groups is 2. The fourth-order valence-corrected chi connectivity index (χ4v) is 17.8. The molecule has 5 amide bonds. The Labute approximate surface area is 766 Å². The summed E-state index contributed by atoms with van der Waals surface area (Å²) in [5.41, 5.74) is 17.6. The largest absolute Gasteiger partial charge is 0.460 e. The number of piperazine rings is 2. The van der Waals surface area contributed by atoms with E-state index in [0.717, 1.165) is 11.1 Å². The molecule has 5 fully saturated rings. The van der Waals surface area contributed by atoms with Gasteiger partial charge >= 0.3 is 12.1 Å². The minimum atomic E-state index is -2.44. The molecule has 0 radical (unpaired) electrons. The molecule has 39 heteroatoms. The van der Waals surface area contributed by atoms with Crippen LogP contribution in [0.4, 0.5) is 34.5 Å². The van der Waals surface area contributed by atoms with Crippen LogP contribution in [0.3, 0.4) is 0 Å². The van der Waals surface area contributed by atoms with Gasteiger partial charge in [0, 0.05) is 179 Å². The van der Waals surface area contributed by atoms with E-state index in [2.05, 4.69) is 60.8 Å². The molecule has 2 bridgehead atoms. The maximum Gasteiger partial charge on any atom is 0.407 e. The number of aliphatic hydroxyl groups excluding tert-OH is 1. The summed E-state index contributed by atoms with van der Waals surface area (Å²) in [4.78, 5) is 173. The molecule has 11 heterocycles. The lowest BCUT2D eigenvalue weighted by Crippen LogP contribution is -2.58. The number of nitrogens with zero attached hydrogens (tertiary/aromatic N) is 16. The summed E-state index contributed by atoms with van der Waals surface area (Å²) in [6.07, 6.45) is 23.6. The summed E-state index contributed by atoms with van der Waals surface area (Å²) in [5, 5.41) is 37.5. The van der Waals surface area contributed by atoms with Gasteiger partial charge in [-0.2, -0.15) is 10.1 Å². The Kier molecular flexibility index (Phi) is 34.1. The van der Waals surface area contributed by atoms with Crippen molar-refractivity contribution in [2.45, 2.75) is 212 Å². The van der Waals surface area contributed by atoms with Crippen molar-refractivity contribution in [3.8, 4) is 11.3 Å². The smallest absolute Gasteiger partial charge is 0.407 e. The standard InChI is InChI=1S/C93H123N21O18/c1-57-16-9-8-10-17-58(2)74(126-6)48-69-18-15-29-93(125,132-69)81(119)86(122)113-32-13-11-19-71(113)87(123)129-68(47-72(115)59(3)45-61(5)79(118)80(127-7)78(117)60(4)44-57)26-22-62-20-24-67(25-21-62)130-92(124)104-51-63-49-98-89(99-50-63)111-38-40-112(41-39-111)91-102-54-66(55-103-91)85(121)97-31-43-128-42-28-75(116)109-34-36-110(37-35-109)90-100-52-65(53-101-90)84(120)96-30-12-14-33-114-83-76(82(94)105-56-106-83)77(108-114)64-23-27-73-70(46-64)107-88(95)131-73/h8-10,16-17,23,27,45-46,49-50,52-57,59-60,62,67-69,71,74,79-80,118,125H,11-15,18-22,24-26,28-44,47-48,51H2,1-7H3,(H2,95,107)(H,96,120)(H,97,121)(H,104,124)(H2,94,105,106)/b10-8+,16-9+,58-17+,61-45+/t57-,59-,60-,62-,67-,68-,69?,71+,74+,79-,80+,93-/m1/s1. The fraction of sp³-hybridized carbons (Fsp3) is 0.559. The fourth-order valence-electron chi connectivity index (χ4n) is 17.8. The number of hydrogen-bond donors (Lipinski definition) is 7. The zero-order valence-electron chi connectivity index (χ0n) is 76.2. The number of allylic oxidation sites excluding steroid dienone is 6. The van der Waals surface area contributed by atoms with Gasteiger partial charge in [0.15, 0.2) is 17.0 Å². The molecule has 39 nitrogen and oxygen atoms in total. The van der Waals surface area contributed by atoms with Crippen molar-refractivity contribution in [2.75, 3.05) is 126 Å². The number of piperidine rings is 1. The van der Waals surface area contributed by atoms with Gasteiger partial charge in [0.25, 0.3) is 29.5 Å². The van der Waals surface area contributed by atoms with Crippen LogP contribution in [0.1, 0.15) is 176 Å². The first-order chi connectivity index (χ1) is 63.7. The minimum Gasteiger partial charge on any atom is -0.460 e. The summed E-state index contributed by atoms with van der Waals surface area (Å²) in [5.74, 6) is -6.18. The van der Waals surface area contributed by atoms with Gasteiger partial charge < -0.3 is 95.0 Å². The predicted octanol–water partition coefficient (Wildman–Crippen LogP) is 7.50. The number of benzene rings is 1.